The highest BCUT2D eigenvalue weighted by Gasteiger charge is 2.72. The van der Waals surface area contributed by atoms with Crippen LogP contribution in [0.3, 0.4) is 0 Å². The number of carbonyl (C=O) groups excluding carboxylic acids is 1. The van der Waals surface area contributed by atoms with E-state index in [9.17, 15) is 9.90 Å². The van der Waals surface area contributed by atoms with E-state index in [0.717, 1.165) is 74.4 Å². The molecule has 2 aliphatic heterocycles. The number of hydrogen-bond donors (Lipinski definition) is 1. The summed E-state index contributed by atoms with van der Waals surface area (Å²) in [5.74, 6) is 1.93. The second-order valence-corrected chi connectivity index (χ2v) is 15.4. The molecule has 0 amide bonds. The number of esters is 1. The number of carbonyl (C=O) groups is 1. The summed E-state index contributed by atoms with van der Waals surface area (Å²) in [5, 5.41) is 12.5. The van der Waals surface area contributed by atoms with Gasteiger partial charge in [-0.1, -0.05) is 109 Å². The van der Waals surface area contributed by atoms with Gasteiger partial charge in [0.1, 0.15) is 6.10 Å². The van der Waals surface area contributed by atoms with Crippen molar-refractivity contribution in [1.82, 2.24) is 4.90 Å². The Bertz CT molecular complexity index is 1190. The van der Waals surface area contributed by atoms with Crippen LogP contribution in [0.15, 0.2) is 24.3 Å². The molecular formula is C40H61NO5. The molecule has 3 aliphatic carbocycles. The maximum atomic E-state index is 12.5. The predicted molar refractivity (Wildman–Crippen MR) is 183 cm³/mol. The maximum Gasteiger partial charge on any atom is 0.308 e. The zero-order valence-electron chi connectivity index (χ0n) is 28.8. The molecule has 1 aromatic carbocycles. The third-order valence-electron chi connectivity index (χ3n) is 12.1. The minimum Gasteiger partial charge on any atom is -0.481 e. The number of likely N-dealkylation sites (tertiary alicyclic amines) is 1. The number of aliphatic hydroxyl groups is 1. The predicted octanol–water partition coefficient (Wildman–Crippen LogP) is 8.95. The Balaban J connectivity index is 0.909. The second kappa shape index (κ2) is 15.4. The molecule has 2 saturated carbocycles. The van der Waals surface area contributed by atoms with Crippen LogP contribution < -0.4 is 9.47 Å². The van der Waals surface area contributed by atoms with Crippen LogP contribution in [0, 0.1) is 5.92 Å². The van der Waals surface area contributed by atoms with Crippen LogP contribution in [0.5, 0.6) is 11.5 Å². The fourth-order valence-corrected chi connectivity index (χ4v) is 9.37. The van der Waals surface area contributed by atoms with Gasteiger partial charge in [-0.05, 0) is 74.6 Å². The summed E-state index contributed by atoms with van der Waals surface area (Å²) in [5.41, 5.74) is 2.16. The van der Waals surface area contributed by atoms with Crippen molar-refractivity contribution in [3.63, 3.8) is 0 Å². The monoisotopic (exact) mass is 635 g/mol. The lowest BCUT2D eigenvalue weighted by Gasteiger charge is -2.63. The minimum atomic E-state index is -0.831. The van der Waals surface area contributed by atoms with Gasteiger partial charge in [-0.15, -0.1) is 0 Å². The topological polar surface area (TPSA) is 68.2 Å². The average molecular weight is 636 g/mol. The molecule has 1 aromatic rings. The lowest BCUT2D eigenvalue weighted by atomic mass is 9.48. The highest BCUT2D eigenvalue weighted by Crippen LogP contribution is 2.66. The van der Waals surface area contributed by atoms with Gasteiger partial charge in [-0.25, -0.2) is 0 Å². The summed E-state index contributed by atoms with van der Waals surface area (Å²) in [6.07, 6.45) is 25.7. The number of unbranched alkanes of at least 4 members (excludes halogenated alkanes) is 14. The van der Waals surface area contributed by atoms with Crippen LogP contribution in [0.1, 0.15) is 153 Å². The number of ether oxygens (including phenoxy) is 3. The molecule has 4 atom stereocenters. The van der Waals surface area contributed by atoms with E-state index >= 15 is 0 Å². The summed E-state index contributed by atoms with van der Waals surface area (Å²) in [6.45, 7) is 8.66. The molecule has 2 bridgehead atoms. The Hall–Kier alpha value is -2.05. The van der Waals surface area contributed by atoms with E-state index in [0.29, 0.717) is 12.2 Å². The van der Waals surface area contributed by atoms with Gasteiger partial charge in [0.05, 0.1) is 11.0 Å². The Morgan fingerprint density at radius 3 is 2.26 bits per heavy atom. The molecule has 2 heterocycles. The van der Waals surface area contributed by atoms with Crippen LogP contribution in [0.25, 0.3) is 0 Å². The molecule has 256 valence electrons. The van der Waals surface area contributed by atoms with Gasteiger partial charge in [-0.3, -0.25) is 9.69 Å². The molecule has 6 rings (SSSR count). The molecule has 1 unspecified atom stereocenters. The fourth-order valence-electron chi connectivity index (χ4n) is 9.37. The van der Waals surface area contributed by atoms with Crippen molar-refractivity contribution in [2.75, 3.05) is 19.9 Å². The van der Waals surface area contributed by atoms with Crippen LogP contribution in [0.2, 0.25) is 0 Å². The smallest absolute Gasteiger partial charge is 0.308 e. The summed E-state index contributed by atoms with van der Waals surface area (Å²) in [6, 6.07) is 4.24. The minimum absolute atomic E-state index is 0.118. The van der Waals surface area contributed by atoms with Crippen molar-refractivity contribution in [3.8, 4) is 11.5 Å². The number of piperidine rings is 1. The van der Waals surface area contributed by atoms with Gasteiger partial charge >= 0.3 is 5.97 Å². The molecule has 6 nitrogen and oxygen atoms in total. The van der Waals surface area contributed by atoms with Crippen LogP contribution in [0.4, 0.5) is 0 Å². The molecule has 1 saturated heterocycles. The first-order valence-corrected chi connectivity index (χ1v) is 19.2. The number of rotatable bonds is 21. The van der Waals surface area contributed by atoms with Gasteiger partial charge in [0, 0.05) is 24.6 Å². The van der Waals surface area contributed by atoms with E-state index in [-0.39, 0.29) is 24.9 Å². The van der Waals surface area contributed by atoms with E-state index in [1.807, 2.05) is 6.07 Å². The van der Waals surface area contributed by atoms with Crippen LogP contribution in [-0.2, 0) is 21.4 Å². The van der Waals surface area contributed by atoms with E-state index in [1.165, 1.54) is 102 Å². The first kappa shape index (κ1) is 33.8. The zero-order chi connectivity index (χ0) is 32.0. The Labute approximate surface area is 278 Å². The Morgan fingerprint density at radius 1 is 0.957 bits per heavy atom. The standard InChI is InChI=1S/C40H61NO5/c1-3-4-5-6-7-8-9-10-11-12-13-14-15-16-17-18-35(42)45-29-44-33-22-21-32-27-34-40(43)24-23-30(2)38-39(40,36(32)37(33)46-38)25-26-41(34)28-31-19-20-31/h21-22,31,34,38,43H,2-20,23-29H2,1H3/t34?,38-,39-,40+/m0/s1. The van der Waals surface area contributed by atoms with Gasteiger partial charge in [0.15, 0.2) is 11.5 Å². The lowest BCUT2D eigenvalue weighted by Crippen LogP contribution is -2.75. The van der Waals surface area contributed by atoms with Crippen molar-refractivity contribution in [2.45, 2.75) is 171 Å². The van der Waals surface area contributed by atoms with Gasteiger partial charge in [0.25, 0.3) is 0 Å². The average Bonchev–Trinajstić information content (AvgIpc) is 3.79. The molecule has 1 spiro atoms. The summed E-state index contributed by atoms with van der Waals surface area (Å²) >= 11 is 0. The largest absolute Gasteiger partial charge is 0.481 e. The summed E-state index contributed by atoms with van der Waals surface area (Å²) in [4.78, 5) is 15.0. The highest BCUT2D eigenvalue weighted by molar-refractivity contribution is 5.69. The van der Waals surface area contributed by atoms with E-state index in [4.69, 9.17) is 14.2 Å². The first-order valence-electron chi connectivity index (χ1n) is 19.2. The number of nitrogens with zero attached hydrogens (tertiary/aromatic N) is 1. The van der Waals surface area contributed by atoms with Crippen LogP contribution >= 0.6 is 0 Å². The Kier molecular flexibility index (Phi) is 11.4. The third kappa shape index (κ3) is 7.04. The molecule has 0 aromatic heterocycles. The highest BCUT2D eigenvalue weighted by atomic mass is 16.7. The molecule has 1 N–H and O–H groups in total. The molecule has 3 fully saturated rings. The molecule has 0 radical (unpaired) electrons. The van der Waals surface area contributed by atoms with Crippen molar-refractivity contribution in [3.05, 3.63) is 35.4 Å². The number of benzene rings is 1. The first-order chi connectivity index (χ1) is 22.5. The summed E-state index contributed by atoms with van der Waals surface area (Å²) in [7, 11) is 0. The normalized spacial score (nSPS) is 27.7. The maximum absolute atomic E-state index is 12.5. The van der Waals surface area contributed by atoms with E-state index in [1.54, 1.807) is 0 Å². The second-order valence-electron chi connectivity index (χ2n) is 15.4. The molecule has 46 heavy (non-hydrogen) atoms. The quantitative estimate of drug-likeness (QED) is 0.0630. The van der Waals surface area contributed by atoms with E-state index in [2.05, 4.69) is 24.5 Å². The van der Waals surface area contributed by atoms with Gasteiger partial charge in [-0.2, -0.15) is 0 Å². The van der Waals surface area contributed by atoms with Crippen molar-refractivity contribution in [2.24, 2.45) is 5.92 Å². The number of hydrogen-bond acceptors (Lipinski definition) is 6. The van der Waals surface area contributed by atoms with Crippen molar-refractivity contribution < 1.29 is 24.1 Å². The summed E-state index contributed by atoms with van der Waals surface area (Å²) < 4.78 is 18.2. The van der Waals surface area contributed by atoms with Crippen molar-refractivity contribution in [1.29, 1.82) is 0 Å². The SMILES string of the molecule is C=C1CC[C@@]2(O)C3Cc4ccc(OCOC(=O)CCCCCCCCCCCCCCCCC)c5c4[C@@]2(CCN3CC2CC2)[C@H]1O5. The van der Waals surface area contributed by atoms with Gasteiger partial charge in [0.2, 0.25) is 6.79 Å². The molecule has 5 aliphatic rings. The fraction of sp³-hybridized carbons (Fsp3) is 0.775. The van der Waals surface area contributed by atoms with Crippen molar-refractivity contribution >= 4 is 5.97 Å². The Morgan fingerprint density at radius 2 is 1.61 bits per heavy atom. The van der Waals surface area contributed by atoms with E-state index < -0.39 is 11.0 Å². The molecule has 6 heteroatoms. The molecular weight excluding hydrogens is 574 g/mol. The zero-order valence-corrected chi connectivity index (χ0v) is 28.8. The van der Waals surface area contributed by atoms with Crippen LogP contribution in [-0.4, -0.2) is 53.6 Å². The third-order valence-corrected chi connectivity index (χ3v) is 12.1. The lowest BCUT2D eigenvalue weighted by molar-refractivity contribution is -0.174. The van der Waals surface area contributed by atoms with Gasteiger partial charge < -0.3 is 19.3 Å².